The Kier molecular flexibility index (Phi) is 3.62. The van der Waals surface area contributed by atoms with Gasteiger partial charge in [0.05, 0.1) is 17.2 Å². The van der Waals surface area contributed by atoms with E-state index in [-0.39, 0.29) is 0 Å². The van der Waals surface area contributed by atoms with Gasteiger partial charge in [-0.05, 0) is 24.1 Å². The number of aromatic nitrogens is 3. The molecule has 2 aromatic rings. The second kappa shape index (κ2) is 5.30. The van der Waals surface area contributed by atoms with Crippen LogP contribution in [0.1, 0.15) is 23.9 Å². The maximum absolute atomic E-state index is 13.3. The first-order valence-electron chi connectivity index (χ1n) is 6.06. The molecule has 1 aliphatic heterocycles. The molecule has 0 fully saturated rings. The number of alkyl halides is 2. The van der Waals surface area contributed by atoms with Crippen molar-refractivity contribution in [2.24, 2.45) is 0 Å². The van der Waals surface area contributed by atoms with E-state index >= 15 is 0 Å². The van der Waals surface area contributed by atoms with E-state index < -0.39 is 39.8 Å². The lowest BCUT2D eigenvalue weighted by atomic mass is 10.0. The third-order valence-electron chi connectivity index (χ3n) is 3.23. The van der Waals surface area contributed by atoms with Crippen molar-refractivity contribution in [1.82, 2.24) is 14.8 Å². The molecule has 0 aliphatic carbocycles. The molecule has 0 bridgehead atoms. The number of benzene rings is 1. The fourth-order valence-corrected chi connectivity index (χ4v) is 2.91. The monoisotopic (exact) mass is 319 g/mol. The molecule has 1 aliphatic rings. The van der Waals surface area contributed by atoms with Crippen molar-refractivity contribution in [3.63, 3.8) is 0 Å². The molecule has 4 nitrogen and oxygen atoms in total. The molecule has 1 aromatic heterocycles. The maximum Gasteiger partial charge on any atom is 0.405 e. The zero-order chi connectivity index (χ0) is 15.1. The highest BCUT2D eigenvalue weighted by Gasteiger charge is 2.34. The van der Waals surface area contributed by atoms with Crippen molar-refractivity contribution >= 4 is 11.2 Å². The minimum Gasteiger partial charge on any atom is -0.604 e. The summed E-state index contributed by atoms with van der Waals surface area (Å²) in [5.41, 5.74) is 0.338. The van der Waals surface area contributed by atoms with E-state index in [4.69, 9.17) is 0 Å². The van der Waals surface area contributed by atoms with E-state index in [1.807, 2.05) is 0 Å². The van der Waals surface area contributed by atoms with Gasteiger partial charge in [-0.3, -0.25) is 0 Å². The summed E-state index contributed by atoms with van der Waals surface area (Å²) in [6.45, 7) is 0. The second-order valence-electron chi connectivity index (χ2n) is 4.57. The Labute approximate surface area is 120 Å². The molecule has 0 radical (unpaired) electrons. The van der Waals surface area contributed by atoms with Crippen molar-refractivity contribution in [1.29, 1.82) is 0 Å². The van der Waals surface area contributed by atoms with E-state index in [0.29, 0.717) is 24.2 Å². The van der Waals surface area contributed by atoms with E-state index in [2.05, 4.69) is 10.1 Å². The Bertz CT molecular complexity index is 658. The van der Waals surface area contributed by atoms with Gasteiger partial charge in [-0.25, -0.2) is 13.5 Å². The third-order valence-corrected chi connectivity index (χ3v) is 4.09. The SMILES string of the molecule is [O-][S@+](c1nc2n(n1)[C@H](c1cc(F)cc(F)c1)CC2)C(F)F. The molecule has 0 saturated heterocycles. The van der Waals surface area contributed by atoms with Crippen molar-refractivity contribution < 1.29 is 22.1 Å². The standard InChI is InChI=1S/C12H9F4N3OS/c13-7-3-6(4-8(14)5-7)9-1-2-10-17-12(18-19(9)10)21(20)11(15)16/h3-5,9,11H,1-2H2/t9-,21-/m0/s1. The van der Waals surface area contributed by atoms with Gasteiger partial charge >= 0.3 is 10.9 Å². The predicted octanol–water partition coefficient (Wildman–Crippen LogP) is 2.42. The van der Waals surface area contributed by atoms with Crippen LogP contribution in [0.3, 0.4) is 0 Å². The van der Waals surface area contributed by atoms with Crippen molar-refractivity contribution in [3.8, 4) is 0 Å². The molecule has 0 saturated carbocycles. The summed E-state index contributed by atoms with van der Waals surface area (Å²) in [5, 5.41) is 3.35. The topological polar surface area (TPSA) is 53.8 Å². The van der Waals surface area contributed by atoms with Crippen LogP contribution in [-0.2, 0) is 17.6 Å². The first kappa shape index (κ1) is 14.3. The van der Waals surface area contributed by atoms with Gasteiger partial charge in [0.25, 0.3) is 0 Å². The number of fused-ring (bicyclic) bond motifs is 1. The normalized spacial score (nSPS) is 19.0. The lowest BCUT2D eigenvalue weighted by Crippen LogP contribution is -2.15. The fourth-order valence-electron chi connectivity index (χ4n) is 2.38. The first-order valence-corrected chi connectivity index (χ1v) is 7.27. The zero-order valence-corrected chi connectivity index (χ0v) is 11.3. The average molecular weight is 319 g/mol. The quantitative estimate of drug-likeness (QED) is 0.645. The van der Waals surface area contributed by atoms with E-state index in [0.717, 1.165) is 18.2 Å². The Morgan fingerprint density at radius 1 is 1.24 bits per heavy atom. The second-order valence-corrected chi connectivity index (χ2v) is 5.89. The van der Waals surface area contributed by atoms with Crippen LogP contribution in [-0.4, -0.2) is 25.1 Å². The molecular weight excluding hydrogens is 310 g/mol. The Morgan fingerprint density at radius 3 is 2.52 bits per heavy atom. The smallest absolute Gasteiger partial charge is 0.405 e. The largest absolute Gasteiger partial charge is 0.604 e. The minimum atomic E-state index is -3.07. The highest BCUT2D eigenvalue weighted by Crippen LogP contribution is 2.32. The van der Waals surface area contributed by atoms with E-state index in [9.17, 15) is 22.1 Å². The van der Waals surface area contributed by atoms with Gasteiger partial charge in [0, 0.05) is 12.5 Å². The van der Waals surface area contributed by atoms with Gasteiger partial charge in [0.1, 0.15) is 17.5 Å². The molecule has 9 heteroatoms. The molecule has 0 N–H and O–H groups in total. The van der Waals surface area contributed by atoms with Crippen LogP contribution in [0.2, 0.25) is 0 Å². The highest BCUT2D eigenvalue weighted by molar-refractivity contribution is 7.91. The molecular formula is C12H9F4N3OS. The third kappa shape index (κ3) is 2.62. The summed E-state index contributed by atoms with van der Waals surface area (Å²) >= 11 is -2.60. The molecule has 0 unspecified atom stereocenters. The lowest BCUT2D eigenvalue weighted by molar-refractivity contribution is 0.233. The number of hydrogen-bond acceptors (Lipinski definition) is 3. The number of nitrogens with zero attached hydrogens (tertiary/aromatic N) is 3. The van der Waals surface area contributed by atoms with Gasteiger partial charge in [0.15, 0.2) is 0 Å². The molecule has 3 rings (SSSR count). The molecule has 1 aromatic carbocycles. The Balaban J connectivity index is 1.96. The number of rotatable bonds is 3. The zero-order valence-electron chi connectivity index (χ0n) is 10.5. The van der Waals surface area contributed by atoms with Crippen LogP contribution < -0.4 is 0 Å². The van der Waals surface area contributed by atoms with Gasteiger partial charge < -0.3 is 4.55 Å². The number of hydrogen-bond donors (Lipinski definition) is 0. The van der Waals surface area contributed by atoms with Gasteiger partial charge in [-0.2, -0.15) is 13.8 Å². The first-order chi connectivity index (χ1) is 9.95. The van der Waals surface area contributed by atoms with Crippen molar-refractivity contribution in [3.05, 3.63) is 41.2 Å². The average Bonchev–Trinajstić information content (AvgIpc) is 2.95. The Morgan fingerprint density at radius 2 is 1.90 bits per heavy atom. The van der Waals surface area contributed by atoms with Crippen LogP contribution in [0.4, 0.5) is 17.6 Å². The van der Waals surface area contributed by atoms with E-state index in [1.165, 1.54) is 4.68 Å². The molecule has 0 spiro atoms. The minimum absolute atomic E-state index is 0.338. The molecule has 21 heavy (non-hydrogen) atoms. The fraction of sp³-hybridized carbons (Fsp3) is 0.333. The van der Waals surface area contributed by atoms with Gasteiger partial charge in [-0.1, -0.05) is 0 Å². The van der Waals surface area contributed by atoms with Crippen LogP contribution in [0, 0.1) is 11.6 Å². The van der Waals surface area contributed by atoms with Crippen LogP contribution in [0.25, 0.3) is 0 Å². The lowest BCUT2D eigenvalue weighted by Gasteiger charge is -2.12. The Hall–Kier alpha value is -1.61. The van der Waals surface area contributed by atoms with Crippen molar-refractivity contribution in [2.75, 3.05) is 0 Å². The molecule has 2 atom stereocenters. The van der Waals surface area contributed by atoms with Gasteiger partial charge in [-0.15, -0.1) is 5.10 Å². The summed E-state index contributed by atoms with van der Waals surface area (Å²) in [5.74, 6) is -4.14. The van der Waals surface area contributed by atoms with Crippen LogP contribution in [0.5, 0.6) is 0 Å². The van der Waals surface area contributed by atoms with Gasteiger partial charge in [0.2, 0.25) is 0 Å². The maximum atomic E-state index is 13.3. The van der Waals surface area contributed by atoms with Crippen LogP contribution >= 0.6 is 0 Å². The molecule has 2 heterocycles. The van der Waals surface area contributed by atoms with E-state index in [1.54, 1.807) is 0 Å². The van der Waals surface area contributed by atoms with Crippen molar-refractivity contribution in [2.45, 2.75) is 29.8 Å². The highest BCUT2D eigenvalue weighted by atomic mass is 32.2. The summed E-state index contributed by atoms with van der Waals surface area (Å²) < 4.78 is 64.0. The number of halogens is 4. The molecule has 0 amide bonds. The summed E-state index contributed by atoms with van der Waals surface area (Å²) in [6.07, 6.45) is 0.913. The van der Waals surface area contributed by atoms with Crippen LogP contribution in [0.15, 0.2) is 23.4 Å². The summed E-state index contributed by atoms with van der Waals surface area (Å²) in [4.78, 5) is 3.82. The number of aryl methyl sites for hydroxylation is 1. The summed E-state index contributed by atoms with van der Waals surface area (Å²) in [6, 6.07) is 2.57. The molecule has 112 valence electrons. The predicted molar refractivity (Wildman–Crippen MR) is 65.3 cm³/mol. The summed E-state index contributed by atoms with van der Waals surface area (Å²) in [7, 11) is 0.